The van der Waals surface area contributed by atoms with E-state index >= 15 is 0 Å². The molecule has 5 aromatic rings. The van der Waals surface area contributed by atoms with E-state index in [4.69, 9.17) is 0 Å². The van der Waals surface area contributed by atoms with Gasteiger partial charge in [-0.3, -0.25) is 4.40 Å². The third kappa shape index (κ3) is 3.17. The first kappa shape index (κ1) is 17.3. The van der Waals surface area contributed by atoms with Gasteiger partial charge in [0, 0.05) is 43.4 Å². The van der Waals surface area contributed by atoms with Gasteiger partial charge in [-0.15, -0.1) is 0 Å². The summed E-state index contributed by atoms with van der Waals surface area (Å²) in [5.74, 6) is 0.732. The van der Waals surface area contributed by atoms with Gasteiger partial charge in [0.1, 0.15) is 0 Å². The zero-order chi connectivity index (χ0) is 19.8. The van der Waals surface area contributed by atoms with Gasteiger partial charge < -0.3 is 10.2 Å². The number of imidazole rings is 1. The fourth-order valence-electron chi connectivity index (χ4n) is 3.57. The second-order valence-corrected chi connectivity index (χ2v) is 7.24. The molecule has 0 amide bonds. The van der Waals surface area contributed by atoms with E-state index in [-0.39, 0.29) is 0 Å². The third-order valence-electron chi connectivity index (χ3n) is 5.10. The highest BCUT2D eigenvalue weighted by atomic mass is 15.1. The van der Waals surface area contributed by atoms with Crippen molar-refractivity contribution in [3.63, 3.8) is 0 Å². The molecular weight excluding hydrogens is 358 g/mol. The molecule has 0 saturated carbocycles. The number of anilines is 3. The molecule has 0 atom stereocenters. The molecule has 0 spiro atoms. The van der Waals surface area contributed by atoms with Crippen molar-refractivity contribution < 1.29 is 0 Å². The minimum Gasteiger partial charge on any atom is -0.378 e. The average Bonchev–Trinajstić information content (AvgIpc) is 3.19. The van der Waals surface area contributed by atoms with Gasteiger partial charge in [-0.1, -0.05) is 42.5 Å². The number of nitrogens with one attached hydrogen (secondary N) is 1. The number of fused-ring (bicyclic) bond motifs is 2. The molecule has 0 radical (unpaired) electrons. The zero-order valence-electron chi connectivity index (χ0n) is 16.4. The molecule has 5 nitrogen and oxygen atoms in total. The zero-order valence-corrected chi connectivity index (χ0v) is 16.4. The third-order valence-corrected chi connectivity index (χ3v) is 5.10. The summed E-state index contributed by atoms with van der Waals surface area (Å²) in [6.07, 6.45) is 5.66. The topological polar surface area (TPSA) is 45.5 Å². The largest absolute Gasteiger partial charge is 0.378 e. The molecule has 1 N–H and O–H groups in total. The molecule has 2 heterocycles. The van der Waals surface area contributed by atoms with Crippen LogP contribution in [0, 0.1) is 0 Å². The van der Waals surface area contributed by atoms with Crippen LogP contribution in [-0.2, 0) is 0 Å². The fourth-order valence-corrected chi connectivity index (χ4v) is 3.57. The Morgan fingerprint density at radius 3 is 2.59 bits per heavy atom. The number of hydrogen-bond acceptors (Lipinski definition) is 4. The molecule has 142 valence electrons. The van der Waals surface area contributed by atoms with E-state index < -0.39 is 0 Å². The highest BCUT2D eigenvalue weighted by molar-refractivity contribution is 5.87. The van der Waals surface area contributed by atoms with Crippen LogP contribution < -0.4 is 10.2 Å². The molecular formula is C24H21N5. The Balaban J connectivity index is 1.56. The lowest BCUT2D eigenvalue weighted by Gasteiger charge is -2.14. The maximum absolute atomic E-state index is 4.66. The van der Waals surface area contributed by atoms with Crippen molar-refractivity contribution in [2.24, 2.45) is 0 Å². The Morgan fingerprint density at radius 2 is 1.72 bits per heavy atom. The van der Waals surface area contributed by atoms with Gasteiger partial charge in [0.2, 0.25) is 0 Å². The highest BCUT2D eigenvalue weighted by Crippen LogP contribution is 2.28. The van der Waals surface area contributed by atoms with Gasteiger partial charge in [-0.25, -0.2) is 9.97 Å². The molecule has 5 heteroatoms. The molecule has 0 aliphatic rings. The molecule has 0 aliphatic carbocycles. The van der Waals surface area contributed by atoms with E-state index in [9.17, 15) is 0 Å². The Kier molecular flexibility index (Phi) is 4.13. The summed E-state index contributed by atoms with van der Waals surface area (Å²) in [7, 11) is 4.06. The summed E-state index contributed by atoms with van der Waals surface area (Å²) in [5, 5.41) is 5.86. The van der Waals surface area contributed by atoms with E-state index in [0.29, 0.717) is 0 Å². The Labute approximate surface area is 169 Å². The van der Waals surface area contributed by atoms with Crippen LogP contribution in [0.1, 0.15) is 0 Å². The lowest BCUT2D eigenvalue weighted by Crippen LogP contribution is -2.08. The van der Waals surface area contributed by atoms with Crippen LogP contribution in [0.15, 0.2) is 85.3 Å². The summed E-state index contributed by atoms with van der Waals surface area (Å²) in [4.78, 5) is 11.3. The molecule has 2 aromatic heterocycles. The van der Waals surface area contributed by atoms with Gasteiger partial charge in [0.05, 0.1) is 11.9 Å². The fraction of sp³-hybridized carbons (Fsp3) is 0.0833. The van der Waals surface area contributed by atoms with Gasteiger partial charge in [-0.05, 0) is 35.0 Å². The van der Waals surface area contributed by atoms with Crippen LogP contribution in [0.25, 0.3) is 27.7 Å². The van der Waals surface area contributed by atoms with E-state index in [1.165, 1.54) is 10.8 Å². The van der Waals surface area contributed by atoms with Crippen LogP contribution in [0.2, 0.25) is 0 Å². The minimum atomic E-state index is 0.732. The number of rotatable bonds is 4. The minimum absolute atomic E-state index is 0.732. The van der Waals surface area contributed by atoms with E-state index in [1.807, 2.05) is 38.6 Å². The lowest BCUT2D eigenvalue weighted by molar-refractivity contribution is 1.12. The Morgan fingerprint density at radius 1 is 0.862 bits per heavy atom. The molecule has 29 heavy (non-hydrogen) atoms. The SMILES string of the molecule is CN(C)c1cccc(Nc2nccn3c(-c4ccc5ccccc5c4)cnc23)c1. The molecule has 0 saturated heterocycles. The number of nitrogens with zero attached hydrogens (tertiary/aromatic N) is 4. The molecule has 0 aliphatic heterocycles. The first-order valence-corrected chi connectivity index (χ1v) is 9.55. The second-order valence-electron chi connectivity index (χ2n) is 7.24. The predicted molar refractivity (Wildman–Crippen MR) is 120 cm³/mol. The summed E-state index contributed by atoms with van der Waals surface area (Å²) >= 11 is 0. The van der Waals surface area contributed by atoms with Crippen LogP contribution in [-0.4, -0.2) is 28.5 Å². The lowest BCUT2D eigenvalue weighted by atomic mass is 10.1. The number of aromatic nitrogens is 3. The van der Waals surface area contributed by atoms with Crippen molar-refractivity contribution >= 4 is 33.6 Å². The van der Waals surface area contributed by atoms with Gasteiger partial charge in [0.25, 0.3) is 0 Å². The van der Waals surface area contributed by atoms with E-state index in [0.717, 1.165) is 34.1 Å². The van der Waals surface area contributed by atoms with E-state index in [1.54, 1.807) is 6.20 Å². The molecule has 3 aromatic carbocycles. The quantitative estimate of drug-likeness (QED) is 0.457. The smallest absolute Gasteiger partial charge is 0.180 e. The van der Waals surface area contributed by atoms with Crippen LogP contribution in [0.3, 0.4) is 0 Å². The van der Waals surface area contributed by atoms with Crippen molar-refractivity contribution in [1.82, 2.24) is 14.4 Å². The van der Waals surface area contributed by atoms with Gasteiger partial charge in [-0.2, -0.15) is 0 Å². The summed E-state index contributed by atoms with van der Waals surface area (Å²) in [6.45, 7) is 0. The first-order valence-electron chi connectivity index (χ1n) is 9.55. The van der Waals surface area contributed by atoms with Gasteiger partial charge in [0.15, 0.2) is 11.5 Å². The van der Waals surface area contributed by atoms with Crippen molar-refractivity contribution in [3.05, 3.63) is 85.3 Å². The molecule has 0 unspecified atom stereocenters. The maximum atomic E-state index is 4.66. The Bertz CT molecular complexity index is 1320. The monoisotopic (exact) mass is 379 g/mol. The highest BCUT2D eigenvalue weighted by Gasteiger charge is 2.11. The summed E-state index contributed by atoms with van der Waals surface area (Å²) < 4.78 is 2.08. The molecule has 5 rings (SSSR count). The van der Waals surface area contributed by atoms with Crippen LogP contribution in [0.5, 0.6) is 0 Å². The summed E-state index contributed by atoms with van der Waals surface area (Å²) in [5.41, 5.74) is 5.07. The summed E-state index contributed by atoms with van der Waals surface area (Å²) in [6, 6.07) is 23.1. The number of benzene rings is 3. The van der Waals surface area contributed by atoms with Crippen molar-refractivity contribution in [2.45, 2.75) is 0 Å². The van der Waals surface area contributed by atoms with E-state index in [2.05, 4.69) is 79.2 Å². The normalized spacial score (nSPS) is 11.1. The van der Waals surface area contributed by atoms with Crippen LogP contribution in [0.4, 0.5) is 17.2 Å². The van der Waals surface area contributed by atoms with Crippen LogP contribution >= 0.6 is 0 Å². The maximum Gasteiger partial charge on any atom is 0.180 e. The second kappa shape index (κ2) is 6.95. The number of hydrogen-bond donors (Lipinski definition) is 1. The van der Waals surface area contributed by atoms with Crippen molar-refractivity contribution in [3.8, 4) is 11.3 Å². The Hall–Kier alpha value is -3.86. The average molecular weight is 379 g/mol. The standard InChI is InChI=1S/C24H21N5/c1-28(2)21-9-5-8-20(15-21)27-23-24-26-16-22(29(24)13-12-25-23)19-11-10-17-6-3-4-7-18(17)14-19/h3-16H,1-2H3,(H,25,27). The van der Waals surface area contributed by atoms with Crippen molar-refractivity contribution in [1.29, 1.82) is 0 Å². The van der Waals surface area contributed by atoms with Crippen molar-refractivity contribution in [2.75, 3.05) is 24.3 Å². The van der Waals surface area contributed by atoms with Gasteiger partial charge >= 0.3 is 0 Å². The predicted octanol–water partition coefficient (Wildman–Crippen LogP) is 5.36. The first-order chi connectivity index (χ1) is 14.2. The molecule has 0 bridgehead atoms. The molecule has 0 fully saturated rings.